The number of phosphoric acid groups is 1. The van der Waals surface area contributed by atoms with Crippen LogP contribution in [-0.4, -0.2) is 98.3 Å². The Kier molecular flexibility index (Phi) is 30.9. The molecular formula is C41H79O13P. The number of phosphoric ester groups is 1. The molecule has 0 radical (unpaired) electrons. The fourth-order valence-corrected chi connectivity index (χ4v) is 7.85. The van der Waals surface area contributed by atoms with E-state index in [2.05, 4.69) is 13.8 Å². The third-order valence-corrected chi connectivity index (χ3v) is 11.4. The minimum Gasteiger partial charge on any atom is -0.462 e. The summed E-state index contributed by atoms with van der Waals surface area (Å²) in [7, 11) is -5.10. The van der Waals surface area contributed by atoms with Crippen LogP contribution in [0.3, 0.4) is 0 Å². The molecule has 6 N–H and O–H groups in total. The first-order valence-electron chi connectivity index (χ1n) is 21.8. The van der Waals surface area contributed by atoms with Crippen molar-refractivity contribution in [3.05, 3.63) is 0 Å². The minimum absolute atomic E-state index is 0.104. The van der Waals surface area contributed by atoms with Gasteiger partial charge >= 0.3 is 19.8 Å². The molecule has 1 aliphatic rings. The summed E-state index contributed by atoms with van der Waals surface area (Å²) in [5, 5.41) is 50.0. The van der Waals surface area contributed by atoms with Gasteiger partial charge in [-0.2, -0.15) is 0 Å². The summed E-state index contributed by atoms with van der Waals surface area (Å²) in [5.74, 6) is -1.09. The van der Waals surface area contributed by atoms with Crippen LogP contribution in [0.5, 0.6) is 0 Å². The summed E-state index contributed by atoms with van der Waals surface area (Å²) in [6.45, 7) is 3.29. The highest BCUT2D eigenvalue weighted by Gasteiger charge is 2.51. The van der Waals surface area contributed by atoms with Crippen LogP contribution in [0.15, 0.2) is 0 Å². The highest BCUT2D eigenvalue weighted by atomic mass is 31.2. The number of carbonyl (C=O) groups is 2. The van der Waals surface area contributed by atoms with Gasteiger partial charge in [-0.15, -0.1) is 0 Å². The number of unbranched alkanes of at least 4 members (excludes halogenated alkanes) is 24. The second-order valence-corrected chi connectivity index (χ2v) is 17.0. The van der Waals surface area contributed by atoms with Gasteiger partial charge in [0.15, 0.2) is 6.10 Å². The number of ether oxygens (including phenoxy) is 2. The van der Waals surface area contributed by atoms with E-state index in [1.165, 1.54) is 116 Å². The first-order chi connectivity index (χ1) is 26.4. The quantitative estimate of drug-likeness (QED) is 0.0204. The van der Waals surface area contributed by atoms with E-state index >= 15 is 0 Å². The van der Waals surface area contributed by atoms with E-state index in [0.717, 1.165) is 38.5 Å². The first kappa shape index (κ1) is 51.9. The average Bonchev–Trinajstić information content (AvgIpc) is 3.16. The van der Waals surface area contributed by atoms with E-state index in [1.54, 1.807) is 0 Å². The van der Waals surface area contributed by atoms with Crippen LogP contribution < -0.4 is 0 Å². The van der Waals surface area contributed by atoms with Crippen molar-refractivity contribution in [2.75, 3.05) is 13.2 Å². The van der Waals surface area contributed by atoms with Gasteiger partial charge in [0.05, 0.1) is 6.61 Å². The molecule has 1 rings (SSSR count). The molecule has 0 spiro atoms. The standard InChI is InChI=1S/C41H79O13P/c1-3-5-7-9-11-13-15-16-17-18-20-22-24-26-28-30-35(43)53-33(31-51-34(42)29-27-25-23-21-19-14-12-10-8-6-4-2)32-52-55(49,50)54-41-39(47)37(45)36(44)38(46)40(41)48/h33,36-41,44-48H,3-32H2,1-2H3,(H,49,50). The van der Waals surface area contributed by atoms with Gasteiger partial charge in [-0.3, -0.25) is 18.6 Å². The molecule has 55 heavy (non-hydrogen) atoms. The van der Waals surface area contributed by atoms with Crippen molar-refractivity contribution in [3.8, 4) is 0 Å². The summed E-state index contributed by atoms with van der Waals surface area (Å²) in [6, 6.07) is 0. The van der Waals surface area contributed by atoms with Gasteiger partial charge < -0.3 is 39.9 Å². The largest absolute Gasteiger partial charge is 0.472 e. The number of aliphatic hydroxyl groups is 5. The Bertz CT molecular complexity index is 985. The summed E-state index contributed by atoms with van der Waals surface area (Å²) in [6.07, 6.45) is 17.4. The van der Waals surface area contributed by atoms with Crippen molar-refractivity contribution in [1.82, 2.24) is 0 Å². The molecule has 14 heteroatoms. The highest BCUT2D eigenvalue weighted by molar-refractivity contribution is 7.47. The molecule has 0 aliphatic heterocycles. The molecule has 1 aliphatic carbocycles. The monoisotopic (exact) mass is 811 g/mol. The normalized spacial score (nSPS) is 23.0. The van der Waals surface area contributed by atoms with Gasteiger partial charge in [0, 0.05) is 12.8 Å². The molecule has 13 nitrogen and oxygen atoms in total. The van der Waals surface area contributed by atoms with Gasteiger partial charge in [-0.1, -0.05) is 168 Å². The van der Waals surface area contributed by atoms with E-state index in [9.17, 15) is 44.6 Å². The zero-order valence-corrected chi connectivity index (χ0v) is 35.1. The molecule has 0 amide bonds. The minimum atomic E-state index is -5.10. The molecule has 0 heterocycles. The lowest BCUT2D eigenvalue weighted by atomic mass is 9.85. The van der Waals surface area contributed by atoms with Gasteiger partial charge in [0.1, 0.15) is 43.2 Å². The molecule has 326 valence electrons. The molecule has 0 saturated heterocycles. The number of hydrogen-bond donors (Lipinski definition) is 6. The zero-order chi connectivity index (χ0) is 40.7. The van der Waals surface area contributed by atoms with Crippen molar-refractivity contribution in [1.29, 1.82) is 0 Å². The number of esters is 2. The fourth-order valence-electron chi connectivity index (χ4n) is 6.88. The zero-order valence-electron chi connectivity index (χ0n) is 34.2. The van der Waals surface area contributed by atoms with E-state index in [1.807, 2.05) is 0 Å². The first-order valence-corrected chi connectivity index (χ1v) is 23.3. The van der Waals surface area contributed by atoms with Crippen molar-refractivity contribution in [2.24, 2.45) is 0 Å². The Morgan fingerprint density at radius 3 is 1.20 bits per heavy atom. The smallest absolute Gasteiger partial charge is 0.462 e. The maximum atomic E-state index is 12.8. The molecule has 0 aromatic carbocycles. The maximum Gasteiger partial charge on any atom is 0.472 e. The Balaban J connectivity index is 2.47. The van der Waals surface area contributed by atoms with Crippen LogP contribution in [0.1, 0.15) is 194 Å². The fraction of sp³-hybridized carbons (Fsp3) is 0.951. The van der Waals surface area contributed by atoms with E-state index < -0.39 is 75.7 Å². The van der Waals surface area contributed by atoms with E-state index in [-0.39, 0.29) is 12.8 Å². The second-order valence-electron chi connectivity index (χ2n) is 15.6. The molecule has 0 aromatic heterocycles. The maximum absolute atomic E-state index is 12.8. The summed E-state index contributed by atoms with van der Waals surface area (Å²) < 4.78 is 33.4. The van der Waals surface area contributed by atoms with E-state index in [0.29, 0.717) is 12.8 Å². The number of carbonyl (C=O) groups excluding carboxylic acids is 2. The van der Waals surface area contributed by atoms with Crippen LogP contribution in [0.25, 0.3) is 0 Å². The molecule has 6 atom stereocenters. The van der Waals surface area contributed by atoms with Crippen LogP contribution in [0, 0.1) is 0 Å². The Morgan fingerprint density at radius 1 is 0.491 bits per heavy atom. The number of rotatable bonds is 36. The average molecular weight is 811 g/mol. The molecule has 6 unspecified atom stereocenters. The molecule has 1 fully saturated rings. The predicted molar refractivity (Wildman–Crippen MR) is 212 cm³/mol. The Labute approximate surface area is 331 Å². The number of hydrogen-bond acceptors (Lipinski definition) is 12. The number of aliphatic hydroxyl groups excluding tert-OH is 5. The van der Waals surface area contributed by atoms with Gasteiger partial charge in [0.25, 0.3) is 0 Å². The van der Waals surface area contributed by atoms with Crippen LogP contribution in [0.4, 0.5) is 0 Å². The third kappa shape index (κ3) is 25.7. The van der Waals surface area contributed by atoms with Crippen molar-refractivity contribution in [3.63, 3.8) is 0 Å². The molecule has 0 bridgehead atoms. The van der Waals surface area contributed by atoms with Crippen molar-refractivity contribution in [2.45, 2.75) is 236 Å². The highest BCUT2D eigenvalue weighted by Crippen LogP contribution is 2.47. The summed E-state index contributed by atoms with van der Waals surface area (Å²) >= 11 is 0. The summed E-state index contributed by atoms with van der Waals surface area (Å²) in [5.41, 5.74) is 0. The van der Waals surface area contributed by atoms with Gasteiger partial charge in [0.2, 0.25) is 0 Å². The lowest BCUT2D eigenvalue weighted by Crippen LogP contribution is -2.64. The van der Waals surface area contributed by atoms with Crippen LogP contribution in [-0.2, 0) is 32.7 Å². The van der Waals surface area contributed by atoms with Gasteiger partial charge in [-0.25, -0.2) is 4.57 Å². The molecule has 0 aromatic rings. The topological polar surface area (TPSA) is 210 Å². The van der Waals surface area contributed by atoms with Crippen molar-refractivity contribution < 1.29 is 63.1 Å². The van der Waals surface area contributed by atoms with Crippen LogP contribution >= 0.6 is 7.82 Å². The van der Waals surface area contributed by atoms with Crippen LogP contribution in [0.2, 0.25) is 0 Å². The second kappa shape index (κ2) is 32.8. The van der Waals surface area contributed by atoms with E-state index in [4.69, 9.17) is 18.5 Å². The lowest BCUT2D eigenvalue weighted by Gasteiger charge is -2.41. The summed E-state index contributed by atoms with van der Waals surface area (Å²) in [4.78, 5) is 35.5. The predicted octanol–water partition coefficient (Wildman–Crippen LogP) is 7.72. The Morgan fingerprint density at radius 2 is 0.818 bits per heavy atom. The van der Waals surface area contributed by atoms with Crippen molar-refractivity contribution >= 4 is 19.8 Å². The van der Waals surface area contributed by atoms with Gasteiger partial charge in [-0.05, 0) is 12.8 Å². The SMILES string of the molecule is CCCCCCCCCCCCCCCCCC(=O)OC(COC(=O)CCCCCCCCCCCCC)COP(=O)(O)OC1C(O)C(O)C(O)C(O)C1O. The Hall–Kier alpha value is -1.15. The molecule has 1 saturated carbocycles. The third-order valence-electron chi connectivity index (χ3n) is 10.4. The molecular weight excluding hydrogens is 731 g/mol. The lowest BCUT2D eigenvalue weighted by molar-refractivity contribution is -0.220.